The average Bonchev–Trinajstić information content (AvgIpc) is 2.94. The summed E-state index contributed by atoms with van der Waals surface area (Å²) in [5, 5.41) is 7.24. The summed E-state index contributed by atoms with van der Waals surface area (Å²) in [6, 6.07) is 7.55. The quantitative estimate of drug-likeness (QED) is 0.780. The predicted molar refractivity (Wildman–Crippen MR) is 83.4 cm³/mol. The molecule has 3 rings (SSSR count). The largest absolute Gasteiger partial charge is 0.289 e. The molecule has 0 saturated carbocycles. The second-order valence-corrected chi connectivity index (χ2v) is 4.14. The molecule has 1 aliphatic carbocycles. The lowest BCUT2D eigenvalue weighted by Gasteiger charge is -2.17. The van der Waals surface area contributed by atoms with Crippen LogP contribution in [0.5, 0.6) is 0 Å². The third-order valence-electron chi connectivity index (χ3n) is 3.23. The summed E-state index contributed by atoms with van der Waals surface area (Å²) in [6.07, 6.45) is 3.52. The third kappa shape index (κ3) is 1.92. The number of carbonyl (C=O) groups is 1. The van der Waals surface area contributed by atoms with E-state index in [4.69, 9.17) is 0 Å². The van der Waals surface area contributed by atoms with E-state index in [1.54, 1.807) is 6.08 Å². The van der Waals surface area contributed by atoms with Gasteiger partial charge in [0.15, 0.2) is 5.78 Å². The van der Waals surface area contributed by atoms with Gasteiger partial charge in [-0.25, -0.2) is 0 Å². The van der Waals surface area contributed by atoms with Crippen LogP contribution in [0.25, 0.3) is 22.9 Å². The smallest absolute Gasteiger partial charge is 0.194 e. The van der Waals surface area contributed by atoms with Gasteiger partial charge in [-0.15, -0.1) is 0 Å². The SMILES string of the molecule is C=Cc1[nH]nc2c1/C(=C\C)C(=O)c1ccccc1-2.CC. The second-order valence-electron chi connectivity index (χ2n) is 4.14. The maximum Gasteiger partial charge on any atom is 0.194 e. The van der Waals surface area contributed by atoms with E-state index >= 15 is 0 Å². The fourth-order valence-electron chi connectivity index (χ4n) is 2.39. The standard InChI is InChI=1S/C15H12N2O.C2H6/c1-3-9-13-12(4-2)16-17-14(13)10-7-5-6-8-11(10)15(9)18;1-2/h3-8H,2H2,1H3,(H,16,17);1-2H3/b9-3+;. The van der Waals surface area contributed by atoms with Gasteiger partial charge in [0.25, 0.3) is 0 Å². The molecule has 0 atom stereocenters. The van der Waals surface area contributed by atoms with Crippen LogP contribution in [0.1, 0.15) is 42.4 Å². The summed E-state index contributed by atoms with van der Waals surface area (Å²) < 4.78 is 0. The van der Waals surface area contributed by atoms with Crippen molar-refractivity contribution in [1.82, 2.24) is 10.2 Å². The van der Waals surface area contributed by atoms with E-state index in [1.165, 1.54) is 0 Å². The van der Waals surface area contributed by atoms with E-state index in [2.05, 4.69) is 16.8 Å². The number of aromatic nitrogens is 2. The van der Waals surface area contributed by atoms with Gasteiger partial charge in [0.05, 0.1) is 5.69 Å². The number of aromatic amines is 1. The van der Waals surface area contributed by atoms with Crippen molar-refractivity contribution < 1.29 is 4.79 Å². The van der Waals surface area contributed by atoms with E-state index in [-0.39, 0.29) is 5.78 Å². The minimum atomic E-state index is 0.0464. The van der Waals surface area contributed by atoms with Crippen molar-refractivity contribution in [2.45, 2.75) is 20.8 Å². The third-order valence-corrected chi connectivity index (χ3v) is 3.23. The van der Waals surface area contributed by atoms with Crippen LogP contribution in [-0.2, 0) is 0 Å². The highest BCUT2D eigenvalue weighted by Gasteiger charge is 2.30. The molecule has 0 amide bonds. The Morgan fingerprint density at radius 2 is 1.85 bits per heavy atom. The maximum absolute atomic E-state index is 12.4. The second kappa shape index (κ2) is 5.70. The minimum absolute atomic E-state index is 0.0464. The highest BCUT2D eigenvalue weighted by Crippen LogP contribution is 2.39. The van der Waals surface area contributed by atoms with Gasteiger partial charge in [-0.3, -0.25) is 9.89 Å². The van der Waals surface area contributed by atoms with Crippen molar-refractivity contribution in [3.8, 4) is 11.3 Å². The predicted octanol–water partition coefficient (Wildman–Crippen LogP) is 4.35. The molecule has 20 heavy (non-hydrogen) atoms. The lowest BCUT2D eigenvalue weighted by Crippen LogP contribution is -2.11. The molecule has 0 saturated heterocycles. The molecule has 102 valence electrons. The van der Waals surface area contributed by atoms with Crippen molar-refractivity contribution in [3.63, 3.8) is 0 Å². The zero-order valence-electron chi connectivity index (χ0n) is 12.0. The van der Waals surface area contributed by atoms with Gasteiger partial charge < -0.3 is 0 Å². The Hall–Kier alpha value is -2.42. The zero-order chi connectivity index (χ0) is 14.7. The van der Waals surface area contributed by atoms with Crippen LogP contribution in [0.3, 0.4) is 0 Å². The molecule has 0 unspecified atom stereocenters. The van der Waals surface area contributed by atoms with Crippen LogP contribution in [-0.4, -0.2) is 16.0 Å². The van der Waals surface area contributed by atoms with Crippen molar-refractivity contribution in [2.75, 3.05) is 0 Å². The number of benzene rings is 1. The van der Waals surface area contributed by atoms with Crippen LogP contribution >= 0.6 is 0 Å². The van der Waals surface area contributed by atoms with E-state index in [0.717, 1.165) is 22.5 Å². The Bertz CT molecular complexity index is 693. The van der Waals surface area contributed by atoms with Gasteiger partial charge in [0, 0.05) is 22.3 Å². The van der Waals surface area contributed by atoms with E-state index in [9.17, 15) is 4.79 Å². The Balaban J connectivity index is 0.000000704. The first kappa shape index (κ1) is 14.0. The summed E-state index contributed by atoms with van der Waals surface area (Å²) in [4.78, 5) is 12.4. The number of H-pyrrole nitrogens is 1. The first-order valence-corrected chi connectivity index (χ1v) is 6.79. The molecular formula is C17H18N2O. The van der Waals surface area contributed by atoms with Crippen LogP contribution < -0.4 is 0 Å². The van der Waals surface area contributed by atoms with Crippen LogP contribution in [0.2, 0.25) is 0 Å². The Morgan fingerprint density at radius 3 is 2.45 bits per heavy atom. The first-order chi connectivity index (χ1) is 9.77. The van der Waals surface area contributed by atoms with Gasteiger partial charge in [0.2, 0.25) is 0 Å². The number of rotatable bonds is 1. The number of nitrogens with zero attached hydrogens (tertiary/aromatic N) is 1. The fourth-order valence-corrected chi connectivity index (χ4v) is 2.39. The molecule has 1 aromatic heterocycles. The maximum atomic E-state index is 12.4. The van der Waals surface area contributed by atoms with Gasteiger partial charge in [-0.2, -0.15) is 5.10 Å². The number of nitrogens with one attached hydrogen (secondary N) is 1. The van der Waals surface area contributed by atoms with Crippen molar-refractivity contribution in [1.29, 1.82) is 0 Å². The highest BCUT2D eigenvalue weighted by molar-refractivity contribution is 6.34. The molecule has 0 radical (unpaired) electrons. The molecule has 0 bridgehead atoms. The highest BCUT2D eigenvalue weighted by atomic mass is 16.1. The summed E-state index contributed by atoms with van der Waals surface area (Å²) in [5.41, 5.74) is 4.75. The number of hydrogen-bond donors (Lipinski definition) is 1. The normalized spacial score (nSPS) is 14.2. The molecule has 3 nitrogen and oxygen atoms in total. The van der Waals surface area contributed by atoms with Gasteiger partial charge >= 0.3 is 0 Å². The summed E-state index contributed by atoms with van der Waals surface area (Å²) >= 11 is 0. The van der Waals surface area contributed by atoms with Gasteiger partial charge in [0.1, 0.15) is 5.69 Å². The molecular weight excluding hydrogens is 248 g/mol. The summed E-state index contributed by atoms with van der Waals surface area (Å²) in [5.74, 6) is 0.0464. The minimum Gasteiger partial charge on any atom is -0.289 e. The Labute approximate surface area is 119 Å². The number of fused-ring (bicyclic) bond motifs is 3. The number of allylic oxidation sites excluding steroid dienone is 2. The molecule has 1 aliphatic rings. The molecule has 3 heteroatoms. The molecule has 1 heterocycles. The van der Waals surface area contributed by atoms with Crippen LogP contribution in [0.15, 0.2) is 36.9 Å². The number of carbonyl (C=O) groups excluding carboxylic acids is 1. The lowest BCUT2D eigenvalue weighted by atomic mass is 9.84. The molecule has 0 fully saturated rings. The summed E-state index contributed by atoms with van der Waals surface area (Å²) in [6.45, 7) is 9.62. The number of hydrogen-bond acceptors (Lipinski definition) is 2. The van der Waals surface area contributed by atoms with Crippen molar-refractivity contribution in [3.05, 3.63) is 53.7 Å². The summed E-state index contributed by atoms with van der Waals surface area (Å²) in [7, 11) is 0. The monoisotopic (exact) mass is 266 g/mol. The number of Topliss-reactive ketones (excluding diaryl/α,β-unsaturated/α-hetero) is 1. The average molecular weight is 266 g/mol. The fraction of sp³-hybridized carbons (Fsp3) is 0.176. The van der Waals surface area contributed by atoms with Gasteiger partial charge in [-0.05, 0) is 13.0 Å². The van der Waals surface area contributed by atoms with Crippen molar-refractivity contribution in [2.24, 2.45) is 0 Å². The molecule has 1 N–H and O–H groups in total. The molecule has 0 spiro atoms. The van der Waals surface area contributed by atoms with E-state index in [0.29, 0.717) is 11.1 Å². The Morgan fingerprint density at radius 1 is 1.20 bits per heavy atom. The van der Waals surface area contributed by atoms with E-state index in [1.807, 2.05) is 51.1 Å². The molecule has 0 aliphatic heterocycles. The number of ketones is 1. The molecule has 2 aromatic rings. The topological polar surface area (TPSA) is 45.8 Å². The van der Waals surface area contributed by atoms with Crippen LogP contribution in [0.4, 0.5) is 0 Å². The molecule has 1 aromatic carbocycles. The zero-order valence-corrected chi connectivity index (χ0v) is 12.0. The lowest BCUT2D eigenvalue weighted by molar-refractivity contribution is 0.105. The van der Waals surface area contributed by atoms with Crippen LogP contribution in [0, 0.1) is 0 Å². The first-order valence-electron chi connectivity index (χ1n) is 6.79. The Kier molecular flexibility index (Phi) is 3.99. The van der Waals surface area contributed by atoms with E-state index < -0.39 is 0 Å². The van der Waals surface area contributed by atoms with Gasteiger partial charge in [-0.1, -0.05) is 50.8 Å². The van der Waals surface area contributed by atoms with Crippen molar-refractivity contribution >= 4 is 17.4 Å².